The van der Waals surface area contributed by atoms with Gasteiger partial charge in [0.2, 0.25) is 5.91 Å². The molecule has 0 radical (unpaired) electrons. The molecule has 2 heterocycles. The van der Waals surface area contributed by atoms with Crippen molar-refractivity contribution in [2.75, 3.05) is 6.54 Å². The van der Waals surface area contributed by atoms with Crippen LogP contribution in [0.5, 0.6) is 0 Å². The third-order valence-electron chi connectivity index (χ3n) is 4.30. The Bertz CT molecular complexity index is 1060. The van der Waals surface area contributed by atoms with Crippen LogP contribution in [-0.4, -0.2) is 27.4 Å². The highest BCUT2D eigenvalue weighted by atomic mass is 19.1. The molecule has 3 aromatic rings. The zero-order chi connectivity index (χ0) is 18.7. The molecular formula is C18H19FN4O3. The molecule has 0 fully saturated rings. The fourth-order valence-corrected chi connectivity index (χ4v) is 2.96. The van der Waals surface area contributed by atoms with Gasteiger partial charge in [-0.2, -0.15) is 0 Å². The summed E-state index contributed by atoms with van der Waals surface area (Å²) in [6, 6.07) is 4.55. The Morgan fingerprint density at radius 2 is 2.00 bits per heavy atom. The molecule has 7 nitrogen and oxygen atoms in total. The molecule has 0 atom stereocenters. The summed E-state index contributed by atoms with van der Waals surface area (Å²) in [4.78, 5) is 42.6. The molecule has 1 amide bonds. The van der Waals surface area contributed by atoms with Gasteiger partial charge in [0.05, 0.1) is 0 Å². The van der Waals surface area contributed by atoms with Crippen LogP contribution in [0.25, 0.3) is 10.9 Å². The van der Waals surface area contributed by atoms with Crippen molar-refractivity contribution in [1.29, 1.82) is 0 Å². The molecule has 0 saturated heterocycles. The molecule has 0 aliphatic heterocycles. The van der Waals surface area contributed by atoms with Crippen LogP contribution in [0.2, 0.25) is 0 Å². The van der Waals surface area contributed by atoms with Gasteiger partial charge >= 0.3 is 5.69 Å². The number of hydrogen-bond acceptors (Lipinski definition) is 3. The molecule has 3 rings (SSSR count). The van der Waals surface area contributed by atoms with Crippen molar-refractivity contribution in [3.05, 3.63) is 67.9 Å². The van der Waals surface area contributed by atoms with Crippen molar-refractivity contribution < 1.29 is 9.18 Å². The minimum Gasteiger partial charge on any atom is -0.361 e. The first-order chi connectivity index (χ1) is 12.4. The first-order valence-corrected chi connectivity index (χ1v) is 8.28. The third kappa shape index (κ3) is 3.90. The van der Waals surface area contributed by atoms with Gasteiger partial charge in [0.25, 0.3) is 5.56 Å². The zero-order valence-corrected chi connectivity index (χ0v) is 14.2. The molecular weight excluding hydrogens is 339 g/mol. The number of aromatic nitrogens is 3. The van der Waals surface area contributed by atoms with Crippen molar-refractivity contribution >= 4 is 16.8 Å². The van der Waals surface area contributed by atoms with E-state index in [1.165, 1.54) is 12.1 Å². The van der Waals surface area contributed by atoms with E-state index in [-0.39, 0.29) is 24.6 Å². The number of amides is 1. The number of nitrogens with one attached hydrogen (secondary N) is 4. The van der Waals surface area contributed by atoms with Gasteiger partial charge < -0.3 is 15.3 Å². The quantitative estimate of drug-likeness (QED) is 0.533. The van der Waals surface area contributed by atoms with Gasteiger partial charge in [-0.1, -0.05) is 0 Å². The van der Waals surface area contributed by atoms with E-state index in [1.54, 1.807) is 19.2 Å². The van der Waals surface area contributed by atoms with Crippen molar-refractivity contribution in [1.82, 2.24) is 20.3 Å². The van der Waals surface area contributed by atoms with Crippen LogP contribution in [0.1, 0.15) is 23.2 Å². The zero-order valence-electron chi connectivity index (χ0n) is 14.2. The summed E-state index contributed by atoms with van der Waals surface area (Å²) in [6.45, 7) is 2.06. The van der Waals surface area contributed by atoms with Crippen molar-refractivity contribution in [2.45, 2.75) is 26.2 Å². The van der Waals surface area contributed by atoms with E-state index in [2.05, 4.69) is 20.3 Å². The van der Waals surface area contributed by atoms with E-state index in [9.17, 15) is 18.8 Å². The van der Waals surface area contributed by atoms with Gasteiger partial charge in [0.15, 0.2) is 0 Å². The molecule has 4 N–H and O–H groups in total. The average Bonchev–Trinajstić information content (AvgIpc) is 2.96. The summed E-state index contributed by atoms with van der Waals surface area (Å²) in [5.41, 5.74) is 1.56. The minimum atomic E-state index is -0.556. The Labute approximate surface area is 147 Å². The second-order valence-electron chi connectivity index (χ2n) is 6.12. The highest BCUT2D eigenvalue weighted by Gasteiger charge is 2.10. The minimum absolute atomic E-state index is 0.148. The highest BCUT2D eigenvalue weighted by Crippen LogP contribution is 2.19. The largest absolute Gasteiger partial charge is 0.361 e. The van der Waals surface area contributed by atoms with E-state index < -0.39 is 11.2 Å². The van der Waals surface area contributed by atoms with Gasteiger partial charge in [-0.05, 0) is 43.5 Å². The van der Waals surface area contributed by atoms with E-state index in [0.717, 1.165) is 16.5 Å². The number of fused-ring (bicyclic) bond motifs is 1. The van der Waals surface area contributed by atoms with Crippen molar-refractivity contribution in [3.8, 4) is 0 Å². The first kappa shape index (κ1) is 17.7. The van der Waals surface area contributed by atoms with Crippen LogP contribution in [-0.2, 0) is 17.6 Å². The Kier molecular flexibility index (Phi) is 5.01. The number of H-pyrrole nitrogens is 3. The summed E-state index contributed by atoms with van der Waals surface area (Å²) < 4.78 is 13.2. The lowest BCUT2D eigenvalue weighted by atomic mass is 10.1. The van der Waals surface area contributed by atoms with Gasteiger partial charge in [-0.3, -0.25) is 14.6 Å². The van der Waals surface area contributed by atoms with Gasteiger partial charge in [-0.25, -0.2) is 9.18 Å². The number of carbonyl (C=O) groups is 1. The first-order valence-electron chi connectivity index (χ1n) is 8.28. The number of benzene rings is 1. The lowest BCUT2D eigenvalue weighted by Crippen LogP contribution is -2.29. The molecule has 0 unspecified atom stereocenters. The second kappa shape index (κ2) is 7.38. The number of halogens is 1. The second-order valence-corrected chi connectivity index (χ2v) is 6.12. The number of aryl methyl sites for hydroxylation is 1. The predicted octanol–water partition coefficient (Wildman–Crippen LogP) is 1.28. The molecule has 136 valence electrons. The molecule has 2 aromatic heterocycles. The third-order valence-corrected chi connectivity index (χ3v) is 4.30. The van der Waals surface area contributed by atoms with Crippen molar-refractivity contribution in [3.63, 3.8) is 0 Å². The Hall–Kier alpha value is -3.16. The lowest BCUT2D eigenvalue weighted by molar-refractivity contribution is -0.121. The van der Waals surface area contributed by atoms with E-state index in [4.69, 9.17) is 0 Å². The molecule has 0 saturated carbocycles. The highest BCUT2D eigenvalue weighted by molar-refractivity contribution is 5.83. The van der Waals surface area contributed by atoms with E-state index >= 15 is 0 Å². The fraction of sp³-hybridized carbons (Fsp3) is 0.278. The summed E-state index contributed by atoms with van der Waals surface area (Å²) in [6.07, 6.45) is 2.81. The van der Waals surface area contributed by atoms with Crippen molar-refractivity contribution in [2.24, 2.45) is 0 Å². The van der Waals surface area contributed by atoms with Crippen LogP contribution in [0.4, 0.5) is 4.39 Å². The SMILES string of the molecule is Cc1[nH]c(=O)[nH]c(=O)c1CCC(=O)NCCc1c[nH]c2cc(F)ccc12. The number of carbonyl (C=O) groups excluding carboxylic acids is 1. The number of hydrogen-bond donors (Lipinski definition) is 4. The molecule has 0 aliphatic carbocycles. The fourth-order valence-electron chi connectivity index (χ4n) is 2.96. The monoisotopic (exact) mass is 358 g/mol. The van der Waals surface area contributed by atoms with Crippen LogP contribution < -0.4 is 16.6 Å². The van der Waals surface area contributed by atoms with Crippen LogP contribution in [0, 0.1) is 12.7 Å². The van der Waals surface area contributed by atoms with Crippen LogP contribution >= 0.6 is 0 Å². The Morgan fingerprint density at radius 3 is 2.77 bits per heavy atom. The summed E-state index contributed by atoms with van der Waals surface area (Å²) >= 11 is 0. The van der Waals surface area contributed by atoms with Crippen LogP contribution in [0.3, 0.4) is 0 Å². The van der Waals surface area contributed by atoms with E-state index in [1.807, 2.05) is 0 Å². The van der Waals surface area contributed by atoms with Crippen LogP contribution in [0.15, 0.2) is 34.0 Å². The Morgan fingerprint density at radius 1 is 1.19 bits per heavy atom. The topological polar surface area (TPSA) is 111 Å². The molecule has 0 bridgehead atoms. The van der Waals surface area contributed by atoms with Gasteiger partial charge in [0.1, 0.15) is 5.82 Å². The number of aromatic amines is 3. The average molecular weight is 358 g/mol. The molecule has 0 aliphatic rings. The molecule has 26 heavy (non-hydrogen) atoms. The maximum Gasteiger partial charge on any atom is 0.325 e. The summed E-state index contributed by atoms with van der Waals surface area (Å²) in [5.74, 6) is -0.479. The Balaban J connectivity index is 1.53. The molecule has 1 aromatic carbocycles. The smallest absolute Gasteiger partial charge is 0.325 e. The lowest BCUT2D eigenvalue weighted by Gasteiger charge is -2.06. The van der Waals surface area contributed by atoms with E-state index in [0.29, 0.717) is 24.2 Å². The standard InChI is InChI=1S/C18H19FN4O3/c1-10-13(17(25)23-18(26)22-10)4-5-16(24)20-7-6-11-9-21-15-8-12(19)2-3-14(11)15/h2-3,8-9,21H,4-7H2,1H3,(H,20,24)(H2,22,23,25,26). The predicted molar refractivity (Wildman–Crippen MR) is 95.7 cm³/mol. The normalized spacial score (nSPS) is 11.0. The van der Waals surface area contributed by atoms with Gasteiger partial charge in [-0.15, -0.1) is 0 Å². The summed E-state index contributed by atoms with van der Waals surface area (Å²) in [5, 5.41) is 3.73. The summed E-state index contributed by atoms with van der Waals surface area (Å²) in [7, 11) is 0. The van der Waals surface area contributed by atoms with Gasteiger partial charge in [0, 0.05) is 41.3 Å². The molecule has 8 heteroatoms. The number of rotatable bonds is 6. The maximum atomic E-state index is 13.2. The maximum absolute atomic E-state index is 13.2. The molecule has 0 spiro atoms.